The number of hydrogen-bond acceptors (Lipinski definition) is 3. The molecule has 1 aliphatic rings. The van der Waals surface area contributed by atoms with E-state index in [-0.39, 0.29) is 5.91 Å². The second-order valence-electron chi connectivity index (χ2n) is 7.37. The third-order valence-electron chi connectivity index (χ3n) is 4.57. The van der Waals surface area contributed by atoms with Crippen molar-refractivity contribution in [1.82, 2.24) is 10.2 Å². The molecule has 0 bridgehead atoms. The average Bonchev–Trinajstić information content (AvgIpc) is 2.54. The molecule has 0 saturated carbocycles. The van der Waals surface area contributed by atoms with Crippen LogP contribution < -0.4 is 10.1 Å². The van der Waals surface area contributed by atoms with Gasteiger partial charge in [0.25, 0.3) is 5.91 Å². The van der Waals surface area contributed by atoms with Crippen molar-refractivity contribution < 1.29 is 9.53 Å². The SMILES string of the molecule is CC(C)N1CCCC(CNC(=O)C(C)(C)Oc2ccc(Cl)cc2)C1. The van der Waals surface area contributed by atoms with E-state index in [0.717, 1.165) is 13.1 Å². The van der Waals surface area contributed by atoms with Gasteiger partial charge in [-0.3, -0.25) is 4.79 Å². The Morgan fingerprint density at radius 1 is 1.38 bits per heavy atom. The first kappa shape index (κ1) is 19.1. The van der Waals surface area contributed by atoms with Crippen LogP contribution in [0.3, 0.4) is 0 Å². The molecule has 1 aromatic carbocycles. The van der Waals surface area contributed by atoms with Crippen LogP contribution in [0.5, 0.6) is 5.75 Å². The zero-order chi connectivity index (χ0) is 17.7. The maximum Gasteiger partial charge on any atom is 0.263 e. The van der Waals surface area contributed by atoms with E-state index in [1.54, 1.807) is 38.1 Å². The van der Waals surface area contributed by atoms with Gasteiger partial charge in [0.05, 0.1) is 0 Å². The Morgan fingerprint density at radius 3 is 2.67 bits per heavy atom. The molecule has 1 N–H and O–H groups in total. The van der Waals surface area contributed by atoms with Crippen molar-refractivity contribution >= 4 is 17.5 Å². The molecule has 134 valence electrons. The standard InChI is InChI=1S/C19H29ClN2O2/c1-14(2)22-11-5-6-15(13-22)12-21-18(23)19(3,4)24-17-9-7-16(20)8-10-17/h7-10,14-15H,5-6,11-13H2,1-4H3,(H,21,23). The second kappa shape index (κ2) is 8.21. The van der Waals surface area contributed by atoms with Gasteiger partial charge in [0, 0.05) is 24.2 Å². The fourth-order valence-electron chi connectivity index (χ4n) is 3.03. The molecule has 1 heterocycles. The Bertz CT molecular complexity index is 543. The van der Waals surface area contributed by atoms with Crippen LogP contribution in [0.1, 0.15) is 40.5 Å². The number of ether oxygens (including phenoxy) is 1. The van der Waals surface area contributed by atoms with E-state index < -0.39 is 5.60 Å². The van der Waals surface area contributed by atoms with E-state index in [0.29, 0.717) is 29.3 Å². The number of nitrogens with one attached hydrogen (secondary N) is 1. The Kier molecular flexibility index (Phi) is 6.53. The molecule has 24 heavy (non-hydrogen) atoms. The van der Waals surface area contributed by atoms with Gasteiger partial charge in [-0.1, -0.05) is 11.6 Å². The highest BCUT2D eigenvalue weighted by molar-refractivity contribution is 6.30. The number of hydrogen-bond donors (Lipinski definition) is 1. The van der Waals surface area contributed by atoms with Crippen molar-refractivity contribution in [3.63, 3.8) is 0 Å². The van der Waals surface area contributed by atoms with Crippen molar-refractivity contribution in [1.29, 1.82) is 0 Å². The third kappa shape index (κ3) is 5.38. The van der Waals surface area contributed by atoms with E-state index in [4.69, 9.17) is 16.3 Å². The predicted molar refractivity (Wildman–Crippen MR) is 98.6 cm³/mol. The van der Waals surface area contributed by atoms with Crippen LogP contribution in [-0.4, -0.2) is 42.1 Å². The molecule has 0 aliphatic carbocycles. The second-order valence-corrected chi connectivity index (χ2v) is 7.81. The molecule has 4 nitrogen and oxygen atoms in total. The Hall–Kier alpha value is -1.26. The minimum atomic E-state index is -0.916. The van der Waals surface area contributed by atoms with Gasteiger partial charge in [0.15, 0.2) is 5.60 Å². The number of amides is 1. The zero-order valence-electron chi connectivity index (χ0n) is 15.1. The van der Waals surface area contributed by atoms with Gasteiger partial charge in [-0.15, -0.1) is 0 Å². The topological polar surface area (TPSA) is 41.6 Å². The Balaban J connectivity index is 1.85. The molecule has 1 unspecified atom stereocenters. The lowest BCUT2D eigenvalue weighted by molar-refractivity contribution is -0.134. The summed E-state index contributed by atoms with van der Waals surface area (Å²) in [6, 6.07) is 7.63. The number of piperidine rings is 1. The van der Waals surface area contributed by atoms with Gasteiger partial charge in [-0.25, -0.2) is 0 Å². The summed E-state index contributed by atoms with van der Waals surface area (Å²) in [5.41, 5.74) is -0.916. The summed E-state index contributed by atoms with van der Waals surface area (Å²) in [7, 11) is 0. The van der Waals surface area contributed by atoms with Crippen LogP contribution in [0.2, 0.25) is 5.02 Å². The number of benzene rings is 1. The molecular weight excluding hydrogens is 324 g/mol. The van der Waals surface area contributed by atoms with E-state index in [2.05, 4.69) is 24.1 Å². The van der Waals surface area contributed by atoms with Crippen LogP contribution in [0.4, 0.5) is 0 Å². The molecule has 1 aliphatic heterocycles. The molecule has 5 heteroatoms. The van der Waals surface area contributed by atoms with Crippen molar-refractivity contribution in [3.05, 3.63) is 29.3 Å². The largest absolute Gasteiger partial charge is 0.478 e. The monoisotopic (exact) mass is 352 g/mol. The number of likely N-dealkylation sites (tertiary alicyclic amines) is 1. The molecule has 0 spiro atoms. The van der Waals surface area contributed by atoms with Crippen LogP contribution in [0.25, 0.3) is 0 Å². The Morgan fingerprint density at radius 2 is 2.04 bits per heavy atom. The number of rotatable bonds is 6. The minimum Gasteiger partial charge on any atom is -0.478 e. The van der Waals surface area contributed by atoms with Crippen LogP contribution in [-0.2, 0) is 4.79 Å². The fourth-order valence-corrected chi connectivity index (χ4v) is 3.15. The highest BCUT2D eigenvalue weighted by atomic mass is 35.5. The summed E-state index contributed by atoms with van der Waals surface area (Å²) >= 11 is 5.88. The zero-order valence-corrected chi connectivity index (χ0v) is 15.9. The molecule has 1 amide bonds. The molecule has 0 aromatic heterocycles. The lowest BCUT2D eigenvalue weighted by Gasteiger charge is -2.36. The summed E-state index contributed by atoms with van der Waals surface area (Å²) < 4.78 is 5.84. The first-order valence-electron chi connectivity index (χ1n) is 8.75. The highest BCUT2D eigenvalue weighted by Gasteiger charge is 2.31. The molecule has 2 rings (SSSR count). The van der Waals surface area contributed by atoms with E-state index in [1.807, 2.05) is 0 Å². The van der Waals surface area contributed by atoms with Gasteiger partial charge >= 0.3 is 0 Å². The van der Waals surface area contributed by atoms with Crippen LogP contribution in [0.15, 0.2) is 24.3 Å². The Labute approximate surface area is 150 Å². The number of carbonyl (C=O) groups is 1. The number of carbonyl (C=O) groups excluding carboxylic acids is 1. The first-order valence-corrected chi connectivity index (χ1v) is 9.12. The molecule has 0 radical (unpaired) electrons. The highest BCUT2D eigenvalue weighted by Crippen LogP contribution is 2.22. The quantitative estimate of drug-likeness (QED) is 0.848. The van der Waals surface area contributed by atoms with Gasteiger partial charge in [0.2, 0.25) is 0 Å². The van der Waals surface area contributed by atoms with E-state index in [9.17, 15) is 4.79 Å². The van der Waals surface area contributed by atoms with Crippen molar-refractivity contribution in [3.8, 4) is 5.75 Å². The minimum absolute atomic E-state index is 0.0841. The predicted octanol–water partition coefficient (Wildman–Crippen LogP) is 3.73. The lowest BCUT2D eigenvalue weighted by Crippen LogP contribution is -2.50. The van der Waals surface area contributed by atoms with Crippen molar-refractivity contribution in [2.45, 2.75) is 52.2 Å². The summed E-state index contributed by atoms with van der Waals surface area (Å²) in [5.74, 6) is 1.07. The molecule has 1 aromatic rings. The van der Waals surface area contributed by atoms with Gasteiger partial charge in [-0.2, -0.15) is 0 Å². The summed E-state index contributed by atoms with van der Waals surface area (Å²) in [4.78, 5) is 15.0. The van der Waals surface area contributed by atoms with E-state index in [1.165, 1.54) is 12.8 Å². The molecule has 1 fully saturated rings. The summed E-state index contributed by atoms with van der Waals surface area (Å²) in [5, 5.41) is 3.72. The summed E-state index contributed by atoms with van der Waals surface area (Å²) in [6.45, 7) is 10.9. The normalized spacial score (nSPS) is 19.3. The number of nitrogens with zero attached hydrogens (tertiary/aromatic N) is 1. The van der Waals surface area contributed by atoms with Crippen molar-refractivity contribution in [2.75, 3.05) is 19.6 Å². The van der Waals surface area contributed by atoms with Crippen LogP contribution >= 0.6 is 11.6 Å². The maximum absolute atomic E-state index is 12.5. The third-order valence-corrected chi connectivity index (χ3v) is 4.82. The number of halogens is 1. The van der Waals surface area contributed by atoms with Crippen molar-refractivity contribution in [2.24, 2.45) is 5.92 Å². The van der Waals surface area contributed by atoms with Gasteiger partial charge in [0.1, 0.15) is 5.75 Å². The first-order chi connectivity index (χ1) is 11.3. The fraction of sp³-hybridized carbons (Fsp3) is 0.632. The molecular formula is C19H29ClN2O2. The smallest absolute Gasteiger partial charge is 0.263 e. The molecule has 1 saturated heterocycles. The van der Waals surface area contributed by atoms with Gasteiger partial charge < -0.3 is 15.0 Å². The lowest BCUT2D eigenvalue weighted by atomic mass is 9.96. The van der Waals surface area contributed by atoms with Gasteiger partial charge in [-0.05, 0) is 77.3 Å². The van der Waals surface area contributed by atoms with Crippen LogP contribution in [0, 0.1) is 5.92 Å². The van der Waals surface area contributed by atoms with E-state index >= 15 is 0 Å². The molecule has 1 atom stereocenters. The summed E-state index contributed by atoms with van der Waals surface area (Å²) in [6.07, 6.45) is 2.37. The maximum atomic E-state index is 12.5. The average molecular weight is 353 g/mol.